The fourth-order valence-electron chi connectivity index (χ4n) is 1.18. The van der Waals surface area contributed by atoms with E-state index in [4.69, 9.17) is 5.11 Å². The van der Waals surface area contributed by atoms with Crippen molar-refractivity contribution in [3.63, 3.8) is 0 Å². The highest BCUT2D eigenvalue weighted by molar-refractivity contribution is 9.10. The fraction of sp³-hybridized carbons (Fsp3) is 0.400. The Labute approximate surface area is 106 Å². The van der Waals surface area contributed by atoms with Gasteiger partial charge in [0, 0.05) is 13.2 Å². The lowest BCUT2D eigenvalue weighted by Gasteiger charge is -2.11. The van der Waals surface area contributed by atoms with Crippen molar-refractivity contribution in [2.24, 2.45) is 5.92 Å². The maximum atomic E-state index is 13.2. The molecule has 1 aromatic rings. The Hall–Kier alpha value is -1.21. The van der Waals surface area contributed by atoms with Crippen LogP contribution in [0, 0.1) is 21.8 Å². The summed E-state index contributed by atoms with van der Waals surface area (Å²) in [5.74, 6) is -0.726. The number of halogens is 2. The molecular weight excluding hydrogens is 295 g/mol. The van der Waals surface area contributed by atoms with E-state index in [2.05, 4.69) is 21.2 Å². The van der Waals surface area contributed by atoms with E-state index in [1.165, 1.54) is 6.07 Å². The number of rotatable bonds is 5. The van der Waals surface area contributed by atoms with E-state index >= 15 is 0 Å². The van der Waals surface area contributed by atoms with Crippen molar-refractivity contribution in [1.29, 1.82) is 0 Å². The van der Waals surface area contributed by atoms with Gasteiger partial charge in [0.05, 0.1) is 15.5 Å². The Kier molecular flexibility index (Phi) is 4.83. The van der Waals surface area contributed by atoms with Crippen molar-refractivity contribution >= 4 is 27.3 Å². The lowest BCUT2D eigenvalue weighted by atomic mass is 10.2. The Balaban J connectivity index is 2.96. The van der Waals surface area contributed by atoms with E-state index in [0.29, 0.717) is 6.54 Å². The molecule has 0 fully saturated rings. The van der Waals surface area contributed by atoms with E-state index < -0.39 is 10.7 Å². The number of nitro benzene ring substituents is 1. The highest BCUT2D eigenvalue weighted by Crippen LogP contribution is 2.30. The summed E-state index contributed by atoms with van der Waals surface area (Å²) in [6, 6.07) is 2.17. The first-order valence-electron chi connectivity index (χ1n) is 4.94. The first kappa shape index (κ1) is 13.9. The molecule has 5 nitrogen and oxygen atoms in total. The summed E-state index contributed by atoms with van der Waals surface area (Å²) in [6.07, 6.45) is 0. The maximum absolute atomic E-state index is 13.2. The van der Waals surface area contributed by atoms with Crippen LogP contribution in [0.25, 0.3) is 0 Å². The molecule has 0 saturated carbocycles. The lowest BCUT2D eigenvalue weighted by Crippen LogP contribution is -2.15. The summed E-state index contributed by atoms with van der Waals surface area (Å²) in [7, 11) is 0. The molecule has 1 aromatic carbocycles. The third-order valence-electron chi connectivity index (χ3n) is 2.19. The largest absolute Gasteiger partial charge is 0.396 e. The molecule has 1 unspecified atom stereocenters. The fourth-order valence-corrected chi connectivity index (χ4v) is 1.52. The van der Waals surface area contributed by atoms with Gasteiger partial charge < -0.3 is 10.4 Å². The number of aliphatic hydroxyl groups is 1. The average molecular weight is 307 g/mol. The van der Waals surface area contributed by atoms with Gasteiger partial charge in [-0.05, 0) is 27.9 Å². The van der Waals surface area contributed by atoms with Crippen LogP contribution in [0.4, 0.5) is 15.8 Å². The van der Waals surface area contributed by atoms with Gasteiger partial charge in [-0.25, -0.2) is 4.39 Å². The van der Waals surface area contributed by atoms with Crippen LogP contribution in [0.3, 0.4) is 0 Å². The molecule has 0 radical (unpaired) electrons. The third kappa shape index (κ3) is 3.64. The van der Waals surface area contributed by atoms with Gasteiger partial charge in [0.1, 0.15) is 11.5 Å². The number of aliphatic hydroxyl groups excluding tert-OH is 1. The molecule has 2 N–H and O–H groups in total. The van der Waals surface area contributed by atoms with Crippen LogP contribution >= 0.6 is 15.9 Å². The molecule has 1 atom stereocenters. The molecule has 1 rings (SSSR count). The second kappa shape index (κ2) is 5.92. The second-order valence-electron chi connectivity index (χ2n) is 3.71. The highest BCUT2D eigenvalue weighted by atomic mass is 79.9. The van der Waals surface area contributed by atoms with E-state index in [-0.39, 0.29) is 28.4 Å². The normalized spacial score (nSPS) is 12.2. The van der Waals surface area contributed by atoms with Gasteiger partial charge in [0.15, 0.2) is 0 Å². The van der Waals surface area contributed by atoms with Crippen molar-refractivity contribution in [2.45, 2.75) is 6.92 Å². The molecule has 0 amide bonds. The molecule has 0 aliphatic carbocycles. The average Bonchev–Trinajstić information content (AvgIpc) is 2.29. The van der Waals surface area contributed by atoms with Gasteiger partial charge in [-0.3, -0.25) is 10.1 Å². The van der Waals surface area contributed by atoms with Crippen molar-refractivity contribution in [1.82, 2.24) is 0 Å². The Morgan fingerprint density at radius 1 is 1.65 bits per heavy atom. The minimum absolute atomic E-state index is 0.0246. The standard InChI is InChI=1S/C10H12BrFN2O3/c1-6(5-15)4-13-9-2-7(11)8(12)3-10(9)14(16)17/h2-3,6,13,15H,4-5H2,1H3. The zero-order chi connectivity index (χ0) is 13.0. The molecule has 0 aliphatic heterocycles. The van der Waals surface area contributed by atoms with E-state index in [1.807, 2.05) is 0 Å². The van der Waals surface area contributed by atoms with Crippen molar-refractivity contribution < 1.29 is 14.4 Å². The van der Waals surface area contributed by atoms with Gasteiger partial charge in [-0.1, -0.05) is 6.92 Å². The van der Waals surface area contributed by atoms with Crippen LogP contribution in [0.5, 0.6) is 0 Å². The summed E-state index contributed by atoms with van der Waals surface area (Å²) < 4.78 is 13.3. The molecule has 0 bridgehead atoms. The van der Waals surface area contributed by atoms with Crippen molar-refractivity contribution in [3.8, 4) is 0 Å². The number of benzene rings is 1. The number of nitrogens with zero attached hydrogens (tertiary/aromatic N) is 1. The maximum Gasteiger partial charge on any atom is 0.295 e. The third-order valence-corrected chi connectivity index (χ3v) is 2.80. The summed E-state index contributed by atoms with van der Waals surface area (Å²) in [6.45, 7) is 2.13. The lowest BCUT2D eigenvalue weighted by molar-refractivity contribution is -0.384. The number of anilines is 1. The predicted molar refractivity (Wildman–Crippen MR) is 65.5 cm³/mol. The van der Waals surface area contributed by atoms with Crippen LogP contribution in [0.15, 0.2) is 16.6 Å². The molecule has 0 aliphatic rings. The number of nitro groups is 1. The summed E-state index contributed by atoms with van der Waals surface area (Å²) in [5.41, 5.74) is -0.0978. The minimum Gasteiger partial charge on any atom is -0.396 e. The molecular formula is C10H12BrFN2O3. The van der Waals surface area contributed by atoms with E-state index in [0.717, 1.165) is 6.07 Å². The van der Waals surface area contributed by atoms with Crippen LogP contribution in [-0.2, 0) is 0 Å². The molecule has 0 spiro atoms. The number of hydrogen-bond acceptors (Lipinski definition) is 4. The van der Waals surface area contributed by atoms with Crippen LogP contribution in [-0.4, -0.2) is 23.2 Å². The first-order valence-corrected chi connectivity index (χ1v) is 5.73. The highest BCUT2D eigenvalue weighted by Gasteiger charge is 2.17. The first-order chi connectivity index (χ1) is 7.95. The summed E-state index contributed by atoms with van der Waals surface area (Å²) in [5, 5.41) is 22.4. The van der Waals surface area contributed by atoms with Gasteiger partial charge in [-0.2, -0.15) is 0 Å². The van der Waals surface area contributed by atoms with Crippen LogP contribution in [0.1, 0.15) is 6.92 Å². The van der Waals surface area contributed by atoms with Crippen molar-refractivity contribution in [2.75, 3.05) is 18.5 Å². The smallest absolute Gasteiger partial charge is 0.295 e. The van der Waals surface area contributed by atoms with Gasteiger partial charge in [0.25, 0.3) is 5.69 Å². The molecule has 0 heterocycles. The second-order valence-corrected chi connectivity index (χ2v) is 4.56. The molecule has 7 heteroatoms. The van der Waals surface area contributed by atoms with Gasteiger partial charge >= 0.3 is 0 Å². The molecule has 0 saturated heterocycles. The van der Waals surface area contributed by atoms with E-state index in [9.17, 15) is 14.5 Å². The molecule has 0 aromatic heterocycles. The predicted octanol–water partition coefficient (Wildman–Crippen LogP) is 2.54. The number of hydrogen-bond donors (Lipinski definition) is 2. The SMILES string of the molecule is CC(CO)CNc1cc(Br)c(F)cc1[N+](=O)[O-]. The topological polar surface area (TPSA) is 75.4 Å². The summed E-state index contributed by atoms with van der Waals surface area (Å²) >= 11 is 2.97. The summed E-state index contributed by atoms with van der Waals surface area (Å²) in [4.78, 5) is 10.1. The monoisotopic (exact) mass is 306 g/mol. The minimum atomic E-state index is -0.683. The quantitative estimate of drug-likeness (QED) is 0.647. The van der Waals surface area contributed by atoms with Crippen LogP contribution in [0.2, 0.25) is 0 Å². The zero-order valence-electron chi connectivity index (χ0n) is 9.11. The van der Waals surface area contributed by atoms with Crippen molar-refractivity contribution in [3.05, 3.63) is 32.5 Å². The van der Waals surface area contributed by atoms with Crippen LogP contribution < -0.4 is 5.32 Å². The zero-order valence-corrected chi connectivity index (χ0v) is 10.7. The Morgan fingerprint density at radius 2 is 2.29 bits per heavy atom. The molecule has 17 heavy (non-hydrogen) atoms. The van der Waals surface area contributed by atoms with Gasteiger partial charge in [0.2, 0.25) is 0 Å². The Bertz CT molecular complexity index is 428. The Morgan fingerprint density at radius 3 is 2.82 bits per heavy atom. The molecule has 94 valence electrons. The van der Waals surface area contributed by atoms with E-state index in [1.54, 1.807) is 6.92 Å². The van der Waals surface area contributed by atoms with Gasteiger partial charge in [-0.15, -0.1) is 0 Å². The number of nitrogens with one attached hydrogen (secondary N) is 1.